The van der Waals surface area contributed by atoms with Gasteiger partial charge in [0, 0.05) is 0 Å². The third-order valence-electron chi connectivity index (χ3n) is 9.01. The van der Waals surface area contributed by atoms with Crippen molar-refractivity contribution in [3.05, 3.63) is 82.9 Å². The summed E-state index contributed by atoms with van der Waals surface area (Å²) in [7, 11) is -8.98. The number of hydrogen-bond acceptors (Lipinski definition) is 6. The number of fused-ring (bicyclic) bond motifs is 2. The molecule has 0 aliphatic rings. The molecular weight excluding hydrogens is 681 g/mol. The van der Waals surface area contributed by atoms with Gasteiger partial charge < -0.3 is 9.11 Å². The maximum absolute atomic E-state index is 11.9. The van der Waals surface area contributed by atoms with Crippen molar-refractivity contribution < 1.29 is 25.9 Å². The molecule has 0 N–H and O–H groups in total. The average Bonchev–Trinajstić information content (AvgIpc) is 3.04. The van der Waals surface area contributed by atoms with E-state index >= 15 is 0 Å². The second-order valence-electron chi connectivity index (χ2n) is 12.9. The molecule has 0 atom stereocenters. The standard InChI is InChI=1S/2C20H28O3S.Ca/c2*1-3-5-7-11-16-15-17(12-8-6-4-2)20(24(21,22)23)19-14-10-9-13-18(16)19;/h2*9-10,13-15H,3-8,11-12H2,1-2H3,(H,21,22,23);/q;;+2/p-2. The molecular formula is C40H54CaO6S2. The van der Waals surface area contributed by atoms with Gasteiger partial charge in [-0.3, -0.25) is 0 Å². The molecule has 0 heterocycles. The van der Waals surface area contributed by atoms with Crippen molar-refractivity contribution in [2.24, 2.45) is 0 Å². The molecule has 0 amide bonds. The molecule has 0 saturated heterocycles. The van der Waals surface area contributed by atoms with Crippen LogP contribution in [0.1, 0.15) is 127 Å². The van der Waals surface area contributed by atoms with Gasteiger partial charge in [-0.15, -0.1) is 0 Å². The van der Waals surface area contributed by atoms with Crippen LogP contribution in [0.2, 0.25) is 0 Å². The molecule has 0 aromatic heterocycles. The number of aryl methyl sites for hydroxylation is 4. The van der Waals surface area contributed by atoms with Crippen molar-refractivity contribution >= 4 is 79.5 Å². The van der Waals surface area contributed by atoms with E-state index in [0.29, 0.717) is 34.7 Å². The summed E-state index contributed by atoms with van der Waals surface area (Å²) in [6.45, 7) is 8.56. The quantitative estimate of drug-likeness (QED) is 0.0571. The monoisotopic (exact) mass is 734 g/mol. The first-order chi connectivity index (χ1) is 23.0. The first-order valence-electron chi connectivity index (χ1n) is 18.0. The van der Waals surface area contributed by atoms with E-state index < -0.39 is 20.2 Å². The Labute approximate surface area is 326 Å². The van der Waals surface area contributed by atoms with Crippen molar-refractivity contribution in [3.8, 4) is 0 Å². The molecule has 0 spiro atoms. The molecule has 0 bridgehead atoms. The van der Waals surface area contributed by atoms with E-state index in [1.54, 1.807) is 12.1 Å². The molecule has 4 aromatic carbocycles. The van der Waals surface area contributed by atoms with Gasteiger partial charge in [0.25, 0.3) is 0 Å². The van der Waals surface area contributed by atoms with Crippen molar-refractivity contribution in [3.63, 3.8) is 0 Å². The van der Waals surface area contributed by atoms with E-state index in [9.17, 15) is 25.9 Å². The normalized spacial score (nSPS) is 11.7. The van der Waals surface area contributed by atoms with E-state index in [-0.39, 0.29) is 47.5 Å². The first-order valence-corrected chi connectivity index (χ1v) is 20.8. The fourth-order valence-electron chi connectivity index (χ4n) is 6.61. The Bertz CT molecular complexity index is 1700. The fourth-order valence-corrected chi connectivity index (χ4v) is 8.47. The number of rotatable bonds is 18. The number of unbranched alkanes of at least 4 members (excludes halogenated alkanes) is 8. The van der Waals surface area contributed by atoms with Crippen molar-refractivity contribution in [1.82, 2.24) is 0 Å². The average molecular weight is 735 g/mol. The molecule has 0 fully saturated rings. The maximum atomic E-state index is 11.9. The topological polar surface area (TPSA) is 114 Å². The van der Waals surface area contributed by atoms with Gasteiger partial charge in [0.05, 0.1) is 9.79 Å². The minimum atomic E-state index is -4.49. The predicted molar refractivity (Wildman–Crippen MR) is 202 cm³/mol. The molecule has 9 heteroatoms. The van der Waals surface area contributed by atoms with Crippen LogP contribution >= 0.6 is 0 Å². The van der Waals surface area contributed by atoms with Gasteiger partial charge in [-0.1, -0.05) is 140 Å². The van der Waals surface area contributed by atoms with Crippen LogP contribution < -0.4 is 0 Å². The van der Waals surface area contributed by atoms with Gasteiger partial charge in [-0.25, -0.2) is 16.8 Å². The molecule has 0 radical (unpaired) electrons. The van der Waals surface area contributed by atoms with Gasteiger partial charge in [0.15, 0.2) is 0 Å². The van der Waals surface area contributed by atoms with E-state index in [0.717, 1.165) is 112 Å². The Morgan fingerprint density at radius 1 is 0.429 bits per heavy atom. The van der Waals surface area contributed by atoms with Gasteiger partial charge in [-0.05, 0) is 95.2 Å². The summed E-state index contributed by atoms with van der Waals surface area (Å²) in [5.74, 6) is 0. The van der Waals surface area contributed by atoms with Crippen LogP contribution in [0.3, 0.4) is 0 Å². The van der Waals surface area contributed by atoms with E-state index in [1.807, 2.05) is 48.5 Å². The number of hydrogen-bond donors (Lipinski definition) is 0. The SMILES string of the molecule is CCCCCc1cc(CCCCC)c2ccccc2c1S(=O)(=O)[O-].CCCCCc1cc(CCCCC)c2ccccc2c1S(=O)(=O)[O-].[Ca+2]. The zero-order valence-corrected chi connectivity index (χ0v) is 33.9. The Morgan fingerprint density at radius 3 is 0.959 bits per heavy atom. The minimum absolute atomic E-state index is 0. The van der Waals surface area contributed by atoms with Crippen LogP contribution in [0.15, 0.2) is 70.5 Å². The van der Waals surface area contributed by atoms with Crippen LogP contribution in [0.4, 0.5) is 0 Å². The molecule has 0 saturated carbocycles. The van der Waals surface area contributed by atoms with E-state index in [4.69, 9.17) is 0 Å². The molecule has 4 rings (SSSR count). The summed E-state index contributed by atoms with van der Waals surface area (Å²) in [5.41, 5.74) is 3.73. The van der Waals surface area contributed by atoms with Crippen LogP contribution in [-0.2, 0) is 45.9 Å². The van der Waals surface area contributed by atoms with Crippen LogP contribution in [-0.4, -0.2) is 63.7 Å². The summed E-state index contributed by atoms with van der Waals surface area (Å²) >= 11 is 0. The second-order valence-corrected chi connectivity index (χ2v) is 15.5. The smallest absolute Gasteiger partial charge is 0.744 e. The molecule has 6 nitrogen and oxygen atoms in total. The predicted octanol–water partition coefficient (Wildman–Crippen LogP) is 10.0. The summed E-state index contributed by atoms with van der Waals surface area (Å²) < 4.78 is 71.5. The van der Waals surface area contributed by atoms with Crippen molar-refractivity contribution in [1.29, 1.82) is 0 Å². The van der Waals surface area contributed by atoms with Crippen LogP contribution in [0.25, 0.3) is 21.5 Å². The van der Waals surface area contributed by atoms with E-state index in [2.05, 4.69) is 27.7 Å². The molecule has 0 aliphatic heterocycles. The van der Waals surface area contributed by atoms with Gasteiger partial charge >= 0.3 is 37.7 Å². The largest absolute Gasteiger partial charge is 2.00 e. The van der Waals surface area contributed by atoms with Gasteiger partial charge in [-0.2, -0.15) is 0 Å². The molecule has 264 valence electrons. The Morgan fingerprint density at radius 2 is 0.694 bits per heavy atom. The zero-order chi connectivity index (χ0) is 35.2. The van der Waals surface area contributed by atoms with Gasteiger partial charge in [0.1, 0.15) is 20.2 Å². The Hall–Kier alpha value is -1.52. The summed E-state index contributed by atoms with van der Waals surface area (Å²) in [6.07, 6.45) is 15.9. The summed E-state index contributed by atoms with van der Waals surface area (Å²) in [5, 5.41) is 2.99. The fraction of sp³-hybridized carbons (Fsp3) is 0.500. The van der Waals surface area contributed by atoms with Crippen LogP contribution in [0, 0.1) is 0 Å². The van der Waals surface area contributed by atoms with Gasteiger partial charge in [0.2, 0.25) is 0 Å². The molecule has 0 unspecified atom stereocenters. The Kier molecular flexibility index (Phi) is 19.4. The Balaban J connectivity index is 0.000000333. The van der Waals surface area contributed by atoms with E-state index in [1.165, 1.54) is 0 Å². The summed E-state index contributed by atoms with van der Waals surface area (Å²) in [4.78, 5) is -0.0121. The molecule has 49 heavy (non-hydrogen) atoms. The number of benzene rings is 4. The summed E-state index contributed by atoms with van der Waals surface area (Å²) in [6, 6.07) is 18.8. The van der Waals surface area contributed by atoms with Crippen LogP contribution in [0.5, 0.6) is 0 Å². The van der Waals surface area contributed by atoms with Crippen molar-refractivity contribution in [2.75, 3.05) is 0 Å². The third kappa shape index (κ3) is 12.9. The third-order valence-corrected chi connectivity index (χ3v) is 11.0. The molecule has 0 aliphatic carbocycles. The maximum Gasteiger partial charge on any atom is 2.00 e. The minimum Gasteiger partial charge on any atom is -0.744 e. The van der Waals surface area contributed by atoms with Crippen molar-refractivity contribution in [2.45, 2.75) is 140 Å². The second kappa shape index (κ2) is 21.8. The first kappa shape index (κ1) is 43.6. The zero-order valence-electron chi connectivity index (χ0n) is 30.1. The molecule has 4 aromatic rings.